The maximum Gasteiger partial charge on any atom is 0.111 e. The monoisotopic (exact) mass is 253 g/mol. The maximum absolute atomic E-state index is 6.37. The average molecular weight is 253 g/mol. The first-order chi connectivity index (χ1) is 8.03. The highest BCUT2D eigenvalue weighted by molar-refractivity contribution is 7.15. The fourth-order valence-electron chi connectivity index (χ4n) is 2.70. The first-order valence-corrected chi connectivity index (χ1v) is 7.31. The topological polar surface area (TPSA) is 42.1 Å². The van der Waals surface area contributed by atoms with E-state index < -0.39 is 0 Å². The Hall–Kier alpha value is -0.610. The summed E-state index contributed by atoms with van der Waals surface area (Å²) < 4.78 is 0. The second-order valence-corrected chi connectivity index (χ2v) is 6.56. The van der Waals surface area contributed by atoms with E-state index in [0.29, 0.717) is 5.92 Å². The summed E-state index contributed by atoms with van der Waals surface area (Å²) in [5, 5.41) is 2.42. The van der Waals surface area contributed by atoms with Crippen molar-refractivity contribution in [2.24, 2.45) is 11.7 Å². The van der Waals surface area contributed by atoms with E-state index in [-0.39, 0.29) is 5.54 Å². The highest BCUT2D eigenvalue weighted by Gasteiger charge is 2.36. The quantitative estimate of drug-likeness (QED) is 0.897. The standard InChI is InChI=1S/C13H23N3S/c1-4-16(12-8-15-10(2)17-12)9-11-6-5-7-13(11,3)14/h8,11H,4-7,9,14H2,1-3H3/t11-,13+/m0/s1. The number of aryl methyl sites for hydroxylation is 1. The molecule has 2 atom stereocenters. The number of hydrogen-bond donors (Lipinski definition) is 1. The van der Waals surface area contributed by atoms with Crippen LogP contribution in [0.25, 0.3) is 0 Å². The molecule has 0 amide bonds. The number of aromatic nitrogens is 1. The molecule has 0 aromatic carbocycles. The van der Waals surface area contributed by atoms with Crippen molar-refractivity contribution >= 4 is 16.3 Å². The molecule has 0 bridgehead atoms. The van der Waals surface area contributed by atoms with Gasteiger partial charge in [0, 0.05) is 18.6 Å². The van der Waals surface area contributed by atoms with Crippen LogP contribution in [-0.2, 0) is 0 Å². The number of rotatable bonds is 4. The van der Waals surface area contributed by atoms with Crippen molar-refractivity contribution in [3.8, 4) is 0 Å². The molecule has 3 nitrogen and oxygen atoms in total. The van der Waals surface area contributed by atoms with Crippen molar-refractivity contribution in [3.63, 3.8) is 0 Å². The molecule has 1 saturated carbocycles. The Bertz CT molecular complexity index is 372. The maximum atomic E-state index is 6.37. The molecule has 1 aliphatic carbocycles. The smallest absolute Gasteiger partial charge is 0.111 e. The van der Waals surface area contributed by atoms with Gasteiger partial charge in [-0.1, -0.05) is 6.42 Å². The van der Waals surface area contributed by atoms with E-state index in [1.54, 1.807) is 11.3 Å². The van der Waals surface area contributed by atoms with Gasteiger partial charge in [-0.15, -0.1) is 11.3 Å². The molecule has 17 heavy (non-hydrogen) atoms. The van der Waals surface area contributed by atoms with Crippen molar-refractivity contribution in [2.45, 2.75) is 45.6 Å². The highest BCUT2D eigenvalue weighted by Crippen LogP contribution is 2.35. The Morgan fingerprint density at radius 1 is 1.65 bits per heavy atom. The lowest BCUT2D eigenvalue weighted by Crippen LogP contribution is -2.45. The Kier molecular flexibility index (Phi) is 3.73. The molecule has 0 aliphatic heterocycles. The van der Waals surface area contributed by atoms with E-state index >= 15 is 0 Å². The molecule has 2 N–H and O–H groups in total. The van der Waals surface area contributed by atoms with Gasteiger partial charge in [0.1, 0.15) is 5.00 Å². The lowest BCUT2D eigenvalue weighted by molar-refractivity contribution is 0.347. The zero-order chi connectivity index (χ0) is 12.5. The van der Waals surface area contributed by atoms with Crippen LogP contribution in [0.4, 0.5) is 5.00 Å². The van der Waals surface area contributed by atoms with Gasteiger partial charge in [0.25, 0.3) is 0 Å². The van der Waals surface area contributed by atoms with Crippen LogP contribution in [-0.4, -0.2) is 23.6 Å². The summed E-state index contributed by atoms with van der Waals surface area (Å²) in [6, 6.07) is 0. The second-order valence-electron chi connectivity index (χ2n) is 5.35. The number of hydrogen-bond acceptors (Lipinski definition) is 4. The predicted octanol–water partition coefficient (Wildman–Crippen LogP) is 2.80. The Labute approximate surface area is 108 Å². The van der Waals surface area contributed by atoms with Gasteiger partial charge < -0.3 is 10.6 Å². The van der Waals surface area contributed by atoms with Gasteiger partial charge >= 0.3 is 0 Å². The molecule has 1 aromatic rings. The Morgan fingerprint density at radius 3 is 2.88 bits per heavy atom. The van der Waals surface area contributed by atoms with Crippen LogP contribution in [0.1, 0.15) is 38.1 Å². The van der Waals surface area contributed by atoms with Gasteiger partial charge in [-0.05, 0) is 39.5 Å². The largest absolute Gasteiger partial charge is 0.362 e. The molecule has 1 heterocycles. The van der Waals surface area contributed by atoms with Crippen LogP contribution in [0.5, 0.6) is 0 Å². The van der Waals surface area contributed by atoms with E-state index in [1.165, 1.54) is 17.8 Å². The van der Waals surface area contributed by atoms with Gasteiger partial charge in [0.15, 0.2) is 0 Å². The van der Waals surface area contributed by atoms with Crippen LogP contribution in [0, 0.1) is 12.8 Å². The minimum Gasteiger partial charge on any atom is -0.362 e. The summed E-state index contributed by atoms with van der Waals surface area (Å²) in [4.78, 5) is 6.76. The van der Waals surface area contributed by atoms with Crippen molar-refractivity contribution in [2.75, 3.05) is 18.0 Å². The molecule has 1 aromatic heterocycles. The third-order valence-electron chi connectivity index (χ3n) is 3.94. The normalized spacial score (nSPS) is 28.6. The number of thiazole rings is 1. The zero-order valence-corrected chi connectivity index (χ0v) is 11.9. The number of anilines is 1. The summed E-state index contributed by atoms with van der Waals surface area (Å²) in [6.07, 6.45) is 5.70. The van der Waals surface area contributed by atoms with Crippen molar-refractivity contribution in [1.82, 2.24) is 4.98 Å². The molecule has 96 valence electrons. The lowest BCUT2D eigenvalue weighted by Gasteiger charge is -2.32. The highest BCUT2D eigenvalue weighted by atomic mass is 32.1. The van der Waals surface area contributed by atoms with Gasteiger partial charge in [-0.2, -0.15) is 0 Å². The molecule has 1 aliphatic rings. The fourth-order valence-corrected chi connectivity index (χ4v) is 3.55. The van der Waals surface area contributed by atoms with Gasteiger partial charge in [-0.3, -0.25) is 0 Å². The molecular weight excluding hydrogens is 230 g/mol. The summed E-state index contributed by atoms with van der Waals surface area (Å²) in [7, 11) is 0. The minimum absolute atomic E-state index is 0.0210. The molecule has 0 radical (unpaired) electrons. The Morgan fingerprint density at radius 2 is 2.41 bits per heavy atom. The number of nitrogens with zero attached hydrogens (tertiary/aromatic N) is 2. The van der Waals surface area contributed by atoms with Crippen LogP contribution in [0.15, 0.2) is 6.20 Å². The van der Waals surface area contributed by atoms with E-state index in [1.807, 2.05) is 6.20 Å². The first kappa shape index (κ1) is 12.8. The van der Waals surface area contributed by atoms with Crippen LogP contribution >= 0.6 is 11.3 Å². The summed E-state index contributed by atoms with van der Waals surface area (Å²) in [5.74, 6) is 0.616. The van der Waals surface area contributed by atoms with E-state index in [0.717, 1.165) is 24.5 Å². The SMILES string of the molecule is CCN(C[C@@H]1CCC[C@@]1(C)N)c1cnc(C)s1. The molecule has 0 saturated heterocycles. The predicted molar refractivity (Wildman–Crippen MR) is 74.7 cm³/mol. The minimum atomic E-state index is 0.0210. The third kappa shape index (κ3) is 2.80. The van der Waals surface area contributed by atoms with E-state index in [9.17, 15) is 0 Å². The van der Waals surface area contributed by atoms with Crippen molar-refractivity contribution < 1.29 is 0 Å². The van der Waals surface area contributed by atoms with Crippen LogP contribution in [0.3, 0.4) is 0 Å². The van der Waals surface area contributed by atoms with Gasteiger partial charge in [0.05, 0.1) is 11.2 Å². The van der Waals surface area contributed by atoms with Gasteiger partial charge in [-0.25, -0.2) is 4.98 Å². The molecule has 2 rings (SSSR count). The molecule has 4 heteroatoms. The molecule has 0 unspecified atom stereocenters. The van der Waals surface area contributed by atoms with Crippen molar-refractivity contribution in [3.05, 3.63) is 11.2 Å². The summed E-state index contributed by atoms with van der Waals surface area (Å²) in [6.45, 7) is 8.58. The third-order valence-corrected chi connectivity index (χ3v) is 4.92. The first-order valence-electron chi connectivity index (χ1n) is 6.49. The van der Waals surface area contributed by atoms with Gasteiger partial charge in [0.2, 0.25) is 0 Å². The molecular formula is C13H23N3S. The average Bonchev–Trinajstić information content (AvgIpc) is 2.82. The van der Waals surface area contributed by atoms with Crippen LogP contribution in [0.2, 0.25) is 0 Å². The summed E-state index contributed by atoms with van der Waals surface area (Å²) >= 11 is 1.78. The summed E-state index contributed by atoms with van der Waals surface area (Å²) in [5.41, 5.74) is 6.39. The number of nitrogens with two attached hydrogens (primary N) is 1. The van der Waals surface area contributed by atoms with E-state index in [4.69, 9.17) is 5.73 Å². The Balaban J connectivity index is 2.05. The van der Waals surface area contributed by atoms with Crippen molar-refractivity contribution in [1.29, 1.82) is 0 Å². The zero-order valence-electron chi connectivity index (χ0n) is 11.1. The molecule has 1 fully saturated rings. The van der Waals surface area contributed by atoms with Crippen LogP contribution < -0.4 is 10.6 Å². The second kappa shape index (κ2) is 4.94. The van der Waals surface area contributed by atoms with E-state index in [2.05, 4.69) is 30.7 Å². The molecule has 0 spiro atoms. The fraction of sp³-hybridized carbons (Fsp3) is 0.769. The lowest BCUT2D eigenvalue weighted by atomic mass is 9.90.